The topological polar surface area (TPSA) is 65.2 Å². The number of rotatable bonds is 3. The Morgan fingerprint density at radius 2 is 2.25 bits per heavy atom. The fraction of sp³-hybridized carbons (Fsp3) is 0.500. The fourth-order valence-electron chi connectivity index (χ4n) is 2.06. The van der Waals surface area contributed by atoms with Gasteiger partial charge in [-0.25, -0.2) is 0 Å². The fourth-order valence-corrected chi connectivity index (χ4v) is 2.06. The van der Waals surface area contributed by atoms with Crippen molar-refractivity contribution in [1.29, 1.82) is 0 Å². The molecule has 2 heterocycles. The lowest BCUT2D eigenvalue weighted by Crippen LogP contribution is -2.16. The molecule has 0 aliphatic carbocycles. The lowest BCUT2D eigenvalue weighted by molar-refractivity contribution is -0.117. The standard InChI is InChI=1S/C12H16N2O2/c13-12(15)8-11-7-10(1-4-14-11)9-2-5-16-6-3-9/h1,4,7,9H,2-3,5-6,8H2,(H2,13,15). The minimum absolute atomic E-state index is 0.219. The van der Waals surface area contributed by atoms with Crippen LogP contribution in [-0.2, 0) is 16.0 Å². The van der Waals surface area contributed by atoms with Crippen LogP contribution in [0, 0.1) is 0 Å². The number of nitrogens with two attached hydrogens (primary N) is 1. The van der Waals surface area contributed by atoms with E-state index >= 15 is 0 Å². The Balaban J connectivity index is 2.11. The van der Waals surface area contributed by atoms with E-state index in [1.807, 2.05) is 12.1 Å². The zero-order chi connectivity index (χ0) is 11.4. The van der Waals surface area contributed by atoms with Gasteiger partial charge in [0, 0.05) is 25.1 Å². The highest BCUT2D eigenvalue weighted by Crippen LogP contribution is 2.26. The van der Waals surface area contributed by atoms with Crippen LogP contribution in [0.3, 0.4) is 0 Å². The summed E-state index contributed by atoms with van der Waals surface area (Å²) in [5.74, 6) is 0.194. The molecule has 4 heteroatoms. The number of amides is 1. The highest BCUT2D eigenvalue weighted by molar-refractivity contribution is 5.76. The number of ether oxygens (including phenoxy) is 1. The number of carbonyl (C=O) groups excluding carboxylic acids is 1. The molecule has 0 bridgehead atoms. The summed E-state index contributed by atoms with van der Waals surface area (Å²) in [7, 11) is 0. The number of carbonyl (C=O) groups is 1. The van der Waals surface area contributed by atoms with Gasteiger partial charge in [0.15, 0.2) is 0 Å². The molecule has 1 amide bonds. The van der Waals surface area contributed by atoms with Crippen molar-refractivity contribution in [2.24, 2.45) is 5.73 Å². The molecule has 0 spiro atoms. The SMILES string of the molecule is NC(=O)Cc1cc(C2CCOCC2)ccn1. The summed E-state index contributed by atoms with van der Waals surface area (Å²) in [4.78, 5) is 15.0. The number of aromatic nitrogens is 1. The zero-order valence-corrected chi connectivity index (χ0v) is 9.19. The van der Waals surface area contributed by atoms with E-state index in [1.54, 1.807) is 6.20 Å². The normalized spacial score (nSPS) is 17.2. The van der Waals surface area contributed by atoms with Gasteiger partial charge in [0.1, 0.15) is 0 Å². The highest BCUT2D eigenvalue weighted by atomic mass is 16.5. The number of nitrogens with zero attached hydrogens (tertiary/aromatic N) is 1. The van der Waals surface area contributed by atoms with Gasteiger partial charge in [0.2, 0.25) is 5.91 Å². The van der Waals surface area contributed by atoms with Gasteiger partial charge < -0.3 is 10.5 Å². The second-order valence-corrected chi connectivity index (χ2v) is 4.11. The van der Waals surface area contributed by atoms with Gasteiger partial charge in [-0.1, -0.05) is 0 Å². The predicted molar refractivity (Wildman–Crippen MR) is 59.9 cm³/mol. The maximum Gasteiger partial charge on any atom is 0.223 e. The van der Waals surface area contributed by atoms with E-state index in [2.05, 4.69) is 4.98 Å². The van der Waals surface area contributed by atoms with E-state index in [4.69, 9.17) is 10.5 Å². The highest BCUT2D eigenvalue weighted by Gasteiger charge is 2.16. The quantitative estimate of drug-likeness (QED) is 0.826. The molecule has 16 heavy (non-hydrogen) atoms. The molecule has 0 aromatic carbocycles. The summed E-state index contributed by atoms with van der Waals surface area (Å²) < 4.78 is 5.33. The van der Waals surface area contributed by atoms with Crippen LogP contribution < -0.4 is 5.73 Å². The van der Waals surface area contributed by atoms with E-state index in [0.29, 0.717) is 5.92 Å². The number of primary amides is 1. The van der Waals surface area contributed by atoms with E-state index < -0.39 is 0 Å². The minimum atomic E-state index is -0.336. The Bertz CT molecular complexity index is 373. The van der Waals surface area contributed by atoms with Gasteiger partial charge in [-0.2, -0.15) is 0 Å². The third-order valence-electron chi connectivity index (χ3n) is 2.89. The van der Waals surface area contributed by atoms with Gasteiger partial charge in [0.05, 0.1) is 6.42 Å². The monoisotopic (exact) mass is 220 g/mol. The molecular formula is C12H16N2O2. The van der Waals surface area contributed by atoms with Crippen molar-refractivity contribution in [3.05, 3.63) is 29.6 Å². The first-order valence-electron chi connectivity index (χ1n) is 5.56. The summed E-state index contributed by atoms with van der Waals surface area (Å²) in [5.41, 5.74) is 7.16. The van der Waals surface area contributed by atoms with Crippen LogP contribution in [0.15, 0.2) is 18.3 Å². The lowest BCUT2D eigenvalue weighted by Gasteiger charge is -2.22. The molecule has 0 atom stereocenters. The second-order valence-electron chi connectivity index (χ2n) is 4.11. The van der Waals surface area contributed by atoms with Crippen LogP contribution in [0.25, 0.3) is 0 Å². The van der Waals surface area contributed by atoms with Crippen LogP contribution in [0.4, 0.5) is 0 Å². The average Bonchev–Trinajstić information content (AvgIpc) is 2.30. The molecular weight excluding hydrogens is 204 g/mol. The molecule has 2 rings (SSSR count). The van der Waals surface area contributed by atoms with Crippen molar-refractivity contribution in [3.8, 4) is 0 Å². The smallest absolute Gasteiger partial charge is 0.223 e. The van der Waals surface area contributed by atoms with Crippen molar-refractivity contribution in [3.63, 3.8) is 0 Å². The van der Waals surface area contributed by atoms with Crippen molar-refractivity contribution in [1.82, 2.24) is 4.98 Å². The first-order valence-corrected chi connectivity index (χ1v) is 5.56. The summed E-state index contributed by atoms with van der Waals surface area (Å²) in [6, 6.07) is 4.00. The predicted octanol–water partition coefficient (Wildman–Crippen LogP) is 1.00. The molecule has 0 saturated carbocycles. The summed E-state index contributed by atoms with van der Waals surface area (Å²) in [6.45, 7) is 1.64. The first-order chi connectivity index (χ1) is 7.75. The Morgan fingerprint density at radius 3 is 2.94 bits per heavy atom. The zero-order valence-electron chi connectivity index (χ0n) is 9.19. The van der Waals surface area contributed by atoms with Crippen molar-refractivity contribution in [2.75, 3.05) is 13.2 Å². The molecule has 1 aliphatic heterocycles. The van der Waals surface area contributed by atoms with E-state index in [1.165, 1.54) is 5.56 Å². The minimum Gasteiger partial charge on any atom is -0.381 e. The molecule has 2 N–H and O–H groups in total. The van der Waals surface area contributed by atoms with E-state index in [-0.39, 0.29) is 12.3 Å². The number of hydrogen-bond donors (Lipinski definition) is 1. The van der Waals surface area contributed by atoms with E-state index in [0.717, 1.165) is 31.7 Å². The molecule has 1 aromatic heterocycles. The lowest BCUT2D eigenvalue weighted by atomic mass is 9.92. The van der Waals surface area contributed by atoms with Crippen LogP contribution >= 0.6 is 0 Å². The van der Waals surface area contributed by atoms with Crippen molar-refractivity contribution in [2.45, 2.75) is 25.2 Å². The summed E-state index contributed by atoms with van der Waals surface area (Å²) >= 11 is 0. The summed E-state index contributed by atoms with van der Waals surface area (Å²) in [5, 5.41) is 0. The van der Waals surface area contributed by atoms with Gasteiger partial charge in [-0.3, -0.25) is 9.78 Å². The Hall–Kier alpha value is -1.42. The molecule has 86 valence electrons. The third-order valence-corrected chi connectivity index (χ3v) is 2.89. The van der Waals surface area contributed by atoms with Crippen molar-refractivity contribution >= 4 is 5.91 Å². The maximum atomic E-state index is 10.8. The molecule has 0 unspecified atom stereocenters. The van der Waals surface area contributed by atoms with E-state index in [9.17, 15) is 4.79 Å². The summed E-state index contributed by atoms with van der Waals surface area (Å²) in [6.07, 6.45) is 4.06. The largest absolute Gasteiger partial charge is 0.381 e. The molecule has 1 aliphatic rings. The molecule has 1 fully saturated rings. The van der Waals surface area contributed by atoms with Gasteiger partial charge in [-0.15, -0.1) is 0 Å². The molecule has 1 saturated heterocycles. The van der Waals surface area contributed by atoms with Crippen LogP contribution in [-0.4, -0.2) is 24.1 Å². The Kier molecular flexibility index (Phi) is 3.51. The second kappa shape index (κ2) is 5.07. The maximum absolute atomic E-state index is 10.8. The molecule has 1 aromatic rings. The third kappa shape index (κ3) is 2.79. The van der Waals surface area contributed by atoms with Crippen molar-refractivity contribution < 1.29 is 9.53 Å². The Morgan fingerprint density at radius 1 is 1.50 bits per heavy atom. The molecule has 0 radical (unpaired) electrons. The van der Waals surface area contributed by atoms with Crippen LogP contribution in [0.1, 0.15) is 30.0 Å². The van der Waals surface area contributed by atoms with Gasteiger partial charge in [-0.05, 0) is 36.5 Å². The van der Waals surface area contributed by atoms with Crippen LogP contribution in [0.5, 0.6) is 0 Å². The number of hydrogen-bond acceptors (Lipinski definition) is 3. The number of pyridine rings is 1. The average molecular weight is 220 g/mol. The first kappa shape index (κ1) is 11.1. The van der Waals surface area contributed by atoms with Gasteiger partial charge >= 0.3 is 0 Å². The Labute approximate surface area is 94.8 Å². The molecule has 4 nitrogen and oxygen atoms in total. The van der Waals surface area contributed by atoms with Crippen LogP contribution in [0.2, 0.25) is 0 Å². The van der Waals surface area contributed by atoms with Gasteiger partial charge in [0.25, 0.3) is 0 Å².